The van der Waals surface area contributed by atoms with Crippen LogP contribution in [-0.4, -0.2) is 146 Å². The SMILES string of the molecule is CCCC[C@H](NC(=O)[C@H](Cc1ccccc1)NC(=O)CNC(=O)[C@H](NC(=O)[C@H](Cc1ccc(OC(C)(C)C)cc1)NC(=O)OC(C)(C)C)C(C)(C)SCc1ccc(OC)cc1)C(=O)N1CCC[C@H]1C(=O)N[C@@H](C(=O)N[C@@H](Cc1c[nH]c2ccccc12)C(=O)NCc1cc(C(F)(F)F)cc(C(F)(F)F)c1)C(C)(C)SC(c1ccccc1)(c1ccccc1)c1ccccc1. The molecular formula is C97H112F6N10O12S2. The molecule has 8 aromatic carbocycles. The number of ether oxygens (including phenoxy) is 3. The zero-order valence-corrected chi connectivity index (χ0v) is 74.9. The van der Waals surface area contributed by atoms with Crippen molar-refractivity contribution in [3.8, 4) is 11.5 Å². The van der Waals surface area contributed by atoms with E-state index in [1.165, 1.54) is 28.4 Å². The molecule has 10 rings (SSSR count). The number of unbranched alkanes of at least 4 members (excludes halogenated alkanes) is 1. The highest BCUT2D eigenvalue weighted by Crippen LogP contribution is 2.54. The second kappa shape index (κ2) is 42.7. The molecule has 9 N–H and O–H groups in total. The van der Waals surface area contributed by atoms with Gasteiger partial charge in [0.2, 0.25) is 47.3 Å². The summed E-state index contributed by atoms with van der Waals surface area (Å²) in [5.74, 6) is -5.12. The van der Waals surface area contributed by atoms with Crippen molar-refractivity contribution in [3.63, 3.8) is 0 Å². The van der Waals surface area contributed by atoms with Crippen molar-refractivity contribution < 1.29 is 83.7 Å². The maximum atomic E-state index is 16.2. The molecule has 1 aromatic heterocycles. The Balaban J connectivity index is 0.940. The maximum Gasteiger partial charge on any atom is 0.416 e. The third kappa shape index (κ3) is 27.1. The molecule has 1 aliphatic heterocycles. The molecule has 2 heterocycles. The standard InChI is InChI=1S/C97H112F6N10O12S2/c1-13-14-39-75(108-84(116)76(53-61-30-19-15-20-31-61)107-80(114)59-106-87(119)81(93(8,9)126-60-63-44-46-71(123-12)47-45-63)111-85(117)77(110-90(122)125-92(5,6)7)54-62-42-48-72(49-43-62)124-91(2,3)4)89(121)113-50-29-41-79(113)86(118)112-82(94(10,11)127-95(66-32-21-16-22-33-66,67-34-23-17-24-35-67)68-36-25-18-26-37-68)88(120)109-78(55-65-58-104-74-40-28-27-38-73(65)74)83(115)105-57-64-51-69(96(98,99)100)56-70(52-64)97(101,102)103/h15-28,30-38,40,42-49,51-52,56,58,75-79,81-82,104H,13-14,29,39,41,50,53-55,57,59-60H2,1-12H3,(H,105,115)(H,106,119)(H,107,114)(H,108,116)(H,109,120)(H,110,122)(H,111,117)(H,112,118)/t75-,76-,77-,78-,79-,81-,82-/m0/s1. The molecule has 0 unspecified atom stereocenters. The van der Waals surface area contributed by atoms with Crippen LogP contribution in [0.3, 0.4) is 0 Å². The summed E-state index contributed by atoms with van der Waals surface area (Å²) in [6.45, 7) is 18.0. The number of para-hydroxylation sites is 1. The third-order valence-electron chi connectivity index (χ3n) is 21.5. The number of aromatic nitrogens is 1. The van der Waals surface area contributed by atoms with Gasteiger partial charge in [0.1, 0.15) is 65.0 Å². The van der Waals surface area contributed by atoms with E-state index in [9.17, 15) is 40.7 Å². The Bertz CT molecular complexity index is 5120. The number of halogens is 6. The smallest absolute Gasteiger partial charge is 0.416 e. The number of H-pyrrole nitrogens is 1. The van der Waals surface area contributed by atoms with E-state index in [0.29, 0.717) is 69.8 Å². The van der Waals surface area contributed by atoms with E-state index in [4.69, 9.17) is 14.2 Å². The molecule has 0 bridgehead atoms. The summed E-state index contributed by atoms with van der Waals surface area (Å²) in [6, 6.07) is 49.3. The second-order valence-corrected chi connectivity index (χ2v) is 38.0. The summed E-state index contributed by atoms with van der Waals surface area (Å²) in [6.07, 6.45) is -8.90. The molecule has 0 aliphatic carbocycles. The molecule has 0 spiro atoms. The van der Waals surface area contributed by atoms with Gasteiger partial charge in [-0.3, -0.25) is 38.4 Å². The number of alkyl carbamates (subject to hydrolysis) is 1. The Hall–Kier alpha value is -11.8. The lowest BCUT2D eigenvalue weighted by atomic mass is 9.84. The van der Waals surface area contributed by atoms with Crippen LogP contribution in [0, 0.1) is 0 Å². The Morgan fingerprint density at radius 2 is 0.992 bits per heavy atom. The van der Waals surface area contributed by atoms with Gasteiger partial charge in [0.25, 0.3) is 0 Å². The number of carbonyl (C=O) groups excluding carboxylic acids is 9. The van der Waals surface area contributed by atoms with Crippen LogP contribution < -0.4 is 52.0 Å². The van der Waals surface area contributed by atoms with Crippen LogP contribution in [-0.2, 0) is 91.8 Å². The van der Waals surface area contributed by atoms with Gasteiger partial charge in [-0.05, 0) is 182 Å². The van der Waals surface area contributed by atoms with Gasteiger partial charge in [-0.2, -0.15) is 26.3 Å². The van der Waals surface area contributed by atoms with Crippen molar-refractivity contribution in [2.45, 2.75) is 220 Å². The molecule has 676 valence electrons. The highest BCUT2D eigenvalue weighted by atomic mass is 32.2. The van der Waals surface area contributed by atoms with Crippen LogP contribution in [0.25, 0.3) is 10.9 Å². The summed E-state index contributed by atoms with van der Waals surface area (Å²) < 4.78 is 98.7. The number of hydrogen-bond donors (Lipinski definition) is 9. The summed E-state index contributed by atoms with van der Waals surface area (Å²) >= 11 is 2.63. The van der Waals surface area contributed by atoms with Gasteiger partial charge in [-0.1, -0.05) is 184 Å². The zero-order chi connectivity index (χ0) is 92.2. The van der Waals surface area contributed by atoms with Gasteiger partial charge in [-0.15, -0.1) is 23.5 Å². The number of carbonyl (C=O) groups is 9. The molecule has 0 saturated carbocycles. The Labute approximate surface area is 745 Å². The number of hydrogen-bond acceptors (Lipinski definition) is 14. The Morgan fingerprint density at radius 1 is 0.488 bits per heavy atom. The lowest BCUT2D eigenvalue weighted by Gasteiger charge is -2.44. The number of thioether (sulfide) groups is 2. The van der Waals surface area contributed by atoms with E-state index < -0.39 is 163 Å². The highest BCUT2D eigenvalue weighted by Gasteiger charge is 2.50. The number of amides is 9. The normalized spacial score (nSPS) is 14.8. The Kier molecular flexibility index (Phi) is 32.7. The first-order valence-electron chi connectivity index (χ1n) is 42.2. The minimum absolute atomic E-state index is 0.00271. The summed E-state index contributed by atoms with van der Waals surface area (Å²) in [5, 5.41) is 23.0. The van der Waals surface area contributed by atoms with Gasteiger partial charge in [-0.25, -0.2) is 4.79 Å². The first kappa shape index (κ1) is 97.4. The van der Waals surface area contributed by atoms with Crippen LogP contribution in [0.1, 0.15) is 164 Å². The van der Waals surface area contributed by atoms with E-state index in [1.54, 1.807) is 153 Å². The topological polar surface area (TPSA) is 297 Å². The summed E-state index contributed by atoms with van der Waals surface area (Å²) in [4.78, 5) is 141. The van der Waals surface area contributed by atoms with Crippen LogP contribution in [0.4, 0.5) is 31.1 Å². The van der Waals surface area contributed by atoms with Crippen LogP contribution in [0.5, 0.6) is 11.5 Å². The van der Waals surface area contributed by atoms with Gasteiger partial charge in [0, 0.05) is 64.7 Å². The van der Waals surface area contributed by atoms with Crippen LogP contribution in [0.15, 0.2) is 219 Å². The lowest BCUT2D eigenvalue weighted by Crippen LogP contribution is -2.63. The minimum Gasteiger partial charge on any atom is -0.497 e. The maximum absolute atomic E-state index is 16.2. The first-order chi connectivity index (χ1) is 60.0. The van der Waals surface area contributed by atoms with Gasteiger partial charge in [0.05, 0.1) is 29.5 Å². The zero-order valence-electron chi connectivity index (χ0n) is 73.2. The fourth-order valence-corrected chi connectivity index (χ4v) is 18.1. The number of likely N-dealkylation sites (tertiary alicyclic amines) is 1. The predicted octanol–water partition coefficient (Wildman–Crippen LogP) is 15.6. The monoisotopic (exact) mass is 1790 g/mol. The van der Waals surface area contributed by atoms with E-state index in [1.807, 2.05) is 131 Å². The second-order valence-electron chi connectivity index (χ2n) is 34.5. The fraction of sp³-hybridized carbons (Fsp3) is 0.392. The molecule has 30 heteroatoms. The fourth-order valence-electron chi connectivity index (χ4n) is 15.2. The molecular weight excluding hydrogens is 1680 g/mol. The first-order valence-corrected chi connectivity index (χ1v) is 44.0. The van der Waals surface area contributed by atoms with Crippen molar-refractivity contribution in [2.75, 3.05) is 20.2 Å². The van der Waals surface area contributed by atoms with Crippen molar-refractivity contribution in [3.05, 3.63) is 274 Å². The average Bonchev–Trinajstić information content (AvgIpc) is 1.19. The van der Waals surface area contributed by atoms with E-state index in [0.717, 1.165) is 22.3 Å². The van der Waals surface area contributed by atoms with Gasteiger partial charge >= 0.3 is 18.4 Å². The predicted molar refractivity (Wildman–Crippen MR) is 480 cm³/mol. The minimum atomic E-state index is -5.21. The van der Waals surface area contributed by atoms with Crippen LogP contribution in [0.2, 0.25) is 0 Å². The largest absolute Gasteiger partial charge is 0.497 e. The van der Waals surface area contributed by atoms with Crippen LogP contribution >= 0.6 is 23.5 Å². The summed E-state index contributed by atoms with van der Waals surface area (Å²) in [5.41, 5.74) is 0.234. The number of fused-ring (bicyclic) bond motifs is 1. The molecule has 7 atom stereocenters. The van der Waals surface area contributed by atoms with E-state index >= 15 is 28.8 Å². The van der Waals surface area contributed by atoms with Crippen molar-refractivity contribution in [2.24, 2.45) is 0 Å². The molecule has 1 aliphatic rings. The van der Waals surface area contributed by atoms with Crippen molar-refractivity contribution >= 4 is 87.8 Å². The number of aromatic amines is 1. The number of benzene rings is 8. The number of rotatable bonds is 38. The average molecular weight is 1790 g/mol. The van der Waals surface area contributed by atoms with E-state index in [-0.39, 0.29) is 51.1 Å². The highest BCUT2D eigenvalue weighted by molar-refractivity contribution is 8.02. The molecule has 127 heavy (non-hydrogen) atoms. The number of nitrogens with one attached hydrogen (secondary N) is 9. The third-order valence-corrected chi connectivity index (χ3v) is 24.7. The number of alkyl halides is 6. The van der Waals surface area contributed by atoms with Gasteiger partial charge in [0.15, 0.2) is 0 Å². The molecule has 9 amide bonds. The van der Waals surface area contributed by atoms with Gasteiger partial charge < -0.3 is 66.6 Å². The Morgan fingerprint density at radius 3 is 1.54 bits per heavy atom. The molecule has 1 fully saturated rings. The van der Waals surface area contributed by atoms with E-state index in [2.05, 4.69) is 47.5 Å². The molecule has 22 nitrogen and oxygen atoms in total. The van der Waals surface area contributed by atoms with Crippen molar-refractivity contribution in [1.29, 1.82) is 0 Å². The number of methoxy groups -OCH3 is 1. The summed E-state index contributed by atoms with van der Waals surface area (Å²) in [7, 11) is 1.54. The number of nitrogens with zero attached hydrogens (tertiary/aromatic N) is 1. The lowest BCUT2D eigenvalue weighted by molar-refractivity contribution is -0.143. The quantitative estimate of drug-likeness (QED) is 0.0128. The molecule has 0 radical (unpaired) electrons. The van der Waals surface area contributed by atoms with Crippen molar-refractivity contribution in [1.82, 2.24) is 52.4 Å². The molecule has 9 aromatic rings. The molecule has 1 saturated heterocycles.